The van der Waals surface area contributed by atoms with Crippen molar-refractivity contribution in [2.24, 2.45) is 23.7 Å². The molecule has 4 saturated carbocycles. The number of anilines is 1. The summed E-state index contributed by atoms with van der Waals surface area (Å²) >= 11 is 12.7. The fraction of sp³-hybridized carbons (Fsp3) is 0.643. The molecule has 0 spiro atoms. The van der Waals surface area contributed by atoms with E-state index >= 15 is 0 Å². The van der Waals surface area contributed by atoms with E-state index in [0.717, 1.165) is 73.5 Å². The van der Waals surface area contributed by atoms with E-state index in [1.165, 1.54) is 32.1 Å². The van der Waals surface area contributed by atoms with Crippen LogP contribution in [-0.2, 0) is 0 Å². The lowest BCUT2D eigenvalue weighted by Gasteiger charge is -2.54. The zero-order valence-electron chi connectivity index (χ0n) is 21.9. The highest BCUT2D eigenvalue weighted by atomic mass is 35.5. The van der Waals surface area contributed by atoms with Gasteiger partial charge in [-0.25, -0.2) is 4.68 Å². The van der Waals surface area contributed by atoms with E-state index in [2.05, 4.69) is 27.5 Å². The summed E-state index contributed by atoms with van der Waals surface area (Å²) in [7, 11) is 2.13. The Morgan fingerprint density at radius 3 is 2.32 bits per heavy atom. The topological polar surface area (TPSA) is 65.4 Å². The molecule has 1 saturated heterocycles. The molecule has 1 aromatic heterocycles. The zero-order chi connectivity index (χ0) is 25.7. The van der Waals surface area contributed by atoms with Crippen LogP contribution < -0.4 is 15.5 Å². The summed E-state index contributed by atoms with van der Waals surface area (Å²) in [6.07, 6.45) is 7.07. The molecule has 1 aliphatic heterocycles. The van der Waals surface area contributed by atoms with Gasteiger partial charge in [0.15, 0.2) is 5.69 Å². The Bertz CT molecular complexity index is 1130. The largest absolute Gasteiger partial charge is 0.354 e. The molecule has 0 radical (unpaired) electrons. The standard InChI is InChI=1S/C28H38Cl2N6O/c1-17-25(27(37)32-6-5-31-26-20-12-18-11-19(14-20)15-21(26)13-18)33-36(24-4-3-22(29)16-23(24)30)28(17)35-9-7-34(2)8-10-35/h3-4,16,18-21,26,31H,5-15H2,1-2H3,(H,32,37). The number of nitrogens with one attached hydrogen (secondary N) is 2. The predicted molar refractivity (Wildman–Crippen MR) is 149 cm³/mol. The second kappa shape index (κ2) is 10.4. The van der Waals surface area contributed by atoms with Gasteiger partial charge in [-0.2, -0.15) is 5.10 Å². The zero-order valence-corrected chi connectivity index (χ0v) is 23.4. The third-order valence-electron chi connectivity index (χ3n) is 9.26. The van der Waals surface area contributed by atoms with E-state index in [1.807, 2.05) is 23.7 Å². The van der Waals surface area contributed by atoms with Crippen molar-refractivity contribution in [1.82, 2.24) is 25.3 Å². The highest BCUT2D eigenvalue weighted by Crippen LogP contribution is 2.53. The van der Waals surface area contributed by atoms with E-state index < -0.39 is 0 Å². The van der Waals surface area contributed by atoms with Gasteiger partial charge in [-0.3, -0.25) is 4.79 Å². The summed E-state index contributed by atoms with van der Waals surface area (Å²) in [4.78, 5) is 18.0. The molecule has 1 aromatic carbocycles. The van der Waals surface area contributed by atoms with Crippen molar-refractivity contribution in [3.8, 4) is 5.69 Å². The van der Waals surface area contributed by atoms with Gasteiger partial charge in [0.2, 0.25) is 0 Å². The molecule has 7 nitrogen and oxygen atoms in total. The van der Waals surface area contributed by atoms with Crippen molar-refractivity contribution in [2.45, 2.75) is 45.1 Å². The van der Waals surface area contributed by atoms with Crippen molar-refractivity contribution in [1.29, 1.82) is 0 Å². The van der Waals surface area contributed by atoms with Crippen LogP contribution in [0.1, 0.15) is 48.2 Å². The average Bonchev–Trinajstić information content (AvgIpc) is 3.20. The van der Waals surface area contributed by atoms with Crippen LogP contribution in [0.15, 0.2) is 18.2 Å². The number of carbonyl (C=O) groups is 1. The van der Waals surface area contributed by atoms with Crippen LogP contribution in [0.25, 0.3) is 5.69 Å². The molecule has 2 N–H and O–H groups in total. The average molecular weight is 546 g/mol. The summed E-state index contributed by atoms with van der Waals surface area (Å²) in [5.41, 5.74) is 2.06. The summed E-state index contributed by atoms with van der Waals surface area (Å²) < 4.78 is 1.82. The Kier molecular flexibility index (Phi) is 7.16. The molecule has 9 heteroatoms. The first-order valence-electron chi connectivity index (χ1n) is 13.9. The van der Waals surface area contributed by atoms with E-state index in [9.17, 15) is 4.79 Å². The maximum absolute atomic E-state index is 13.3. The smallest absolute Gasteiger partial charge is 0.272 e. The Labute approximate surface area is 229 Å². The number of nitrogens with zero attached hydrogens (tertiary/aromatic N) is 4. The number of likely N-dealkylation sites (N-methyl/N-ethyl adjacent to an activating group) is 1. The number of carbonyl (C=O) groups excluding carboxylic acids is 1. The molecule has 4 bridgehead atoms. The van der Waals surface area contributed by atoms with Crippen LogP contribution in [0.3, 0.4) is 0 Å². The fourth-order valence-electron chi connectivity index (χ4n) is 7.67. The number of piperazine rings is 1. The molecule has 5 fully saturated rings. The van der Waals surface area contributed by atoms with Crippen molar-refractivity contribution < 1.29 is 4.79 Å². The van der Waals surface area contributed by atoms with Crippen LogP contribution in [0.4, 0.5) is 5.82 Å². The Hall–Kier alpha value is -1.80. The number of aromatic nitrogens is 2. The maximum Gasteiger partial charge on any atom is 0.272 e. The minimum atomic E-state index is -0.136. The van der Waals surface area contributed by atoms with Crippen LogP contribution in [0.2, 0.25) is 10.0 Å². The summed E-state index contributed by atoms with van der Waals surface area (Å²) in [6.45, 7) is 7.03. The summed E-state index contributed by atoms with van der Waals surface area (Å²) in [5, 5.41) is 12.8. The molecule has 37 heavy (non-hydrogen) atoms. The number of halogens is 2. The predicted octanol–water partition coefficient (Wildman–Crippen LogP) is 4.38. The molecule has 5 aliphatic rings. The minimum absolute atomic E-state index is 0.136. The van der Waals surface area contributed by atoms with Gasteiger partial charge in [0, 0.05) is 55.9 Å². The second-order valence-electron chi connectivity index (χ2n) is 11.8. The van der Waals surface area contributed by atoms with Gasteiger partial charge in [-0.05, 0) is 87.9 Å². The van der Waals surface area contributed by atoms with Gasteiger partial charge in [-0.15, -0.1) is 0 Å². The third kappa shape index (κ3) is 5.00. The summed E-state index contributed by atoms with van der Waals surface area (Å²) in [5.74, 6) is 4.40. The second-order valence-corrected chi connectivity index (χ2v) is 12.6. The fourth-order valence-corrected chi connectivity index (χ4v) is 8.16. The lowest BCUT2D eigenvalue weighted by molar-refractivity contribution is -0.0133. The molecule has 2 heterocycles. The number of rotatable bonds is 7. The van der Waals surface area contributed by atoms with Crippen LogP contribution in [0.5, 0.6) is 0 Å². The lowest BCUT2D eigenvalue weighted by atomic mass is 9.54. The van der Waals surface area contributed by atoms with E-state index in [-0.39, 0.29) is 5.91 Å². The van der Waals surface area contributed by atoms with E-state index in [0.29, 0.717) is 28.3 Å². The van der Waals surface area contributed by atoms with Crippen molar-refractivity contribution in [3.05, 3.63) is 39.5 Å². The molecule has 0 atom stereocenters. The first kappa shape index (κ1) is 25.5. The van der Waals surface area contributed by atoms with Gasteiger partial charge < -0.3 is 20.4 Å². The Morgan fingerprint density at radius 1 is 1.00 bits per heavy atom. The molecule has 2 aromatic rings. The van der Waals surface area contributed by atoms with Crippen molar-refractivity contribution in [2.75, 3.05) is 51.2 Å². The molecule has 7 rings (SSSR count). The highest BCUT2D eigenvalue weighted by molar-refractivity contribution is 6.35. The van der Waals surface area contributed by atoms with Crippen LogP contribution in [0, 0.1) is 30.6 Å². The first-order chi connectivity index (χ1) is 17.9. The van der Waals surface area contributed by atoms with Gasteiger partial charge in [0.05, 0.1) is 10.7 Å². The van der Waals surface area contributed by atoms with Gasteiger partial charge >= 0.3 is 0 Å². The van der Waals surface area contributed by atoms with Gasteiger partial charge in [0.25, 0.3) is 5.91 Å². The van der Waals surface area contributed by atoms with Crippen LogP contribution in [-0.4, -0.2) is 72.9 Å². The van der Waals surface area contributed by atoms with Crippen LogP contribution >= 0.6 is 23.2 Å². The highest BCUT2D eigenvalue weighted by Gasteiger charge is 2.47. The Morgan fingerprint density at radius 2 is 1.68 bits per heavy atom. The lowest BCUT2D eigenvalue weighted by Crippen LogP contribution is -2.55. The molecular weight excluding hydrogens is 507 g/mol. The third-order valence-corrected chi connectivity index (χ3v) is 9.80. The molecule has 1 amide bonds. The number of hydrogen-bond donors (Lipinski definition) is 2. The Balaban J connectivity index is 1.16. The van der Waals surface area contributed by atoms with Gasteiger partial charge in [-0.1, -0.05) is 23.2 Å². The number of benzene rings is 1. The molecule has 0 unspecified atom stereocenters. The maximum atomic E-state index is 13.3. The molecule has 4 aliphatic carbocycles. The quantitative estimate of drug-likeness (QED) is 0.506. The van der Waals surface area contributed by atoms with Crippen molar-refractivity contribution in [3.63, 3.8) is 0 Å². The van der Waals surface area contributed by atoms with E-state index in [4.69, 9.17) is 28.3 Å². The molecular formula is C28H38Cl2N6O. The minimum Gasteiger partial charge on any atom is -0.354 e. The normalized spacial score (nSPS) is 29.2. The first-order valence-corrected chi connectivity index (χ1v) is 14.6. The van der Waals surface area contributed by atoms with E-state index in [1.54, 1.807) is 6.07 Å². The molecule has 200 valence electrons. The van der Waals surface area contributed by atoms with Gasteiger partial charge in [0.1, 0.15) is 5.82 Å². The number of hydrogen-bond acceptors (Lipinski definition) is 5. The van der Waals surface area contributed by atoms with Crippen molar-refractivity contribution >= 4 is 34.9 Å². The summed E-state index contributed by atoms with van der Waals surface area (Å²) in [6, 6.07) is 6.02. The monoisotopic (exact) mass is 544 g/mol. The SMILES string of the molecule is Cc1c(C(=O)NCCNC2C3CC4CC(C3)CC2C4)nn(-c2ccc(Cl)cc2Cl)c1N1CCN(C)CC1. The number of amides is 1.